The van der Waals surface area contributed by atoms with Crippen LogP contribution in [-0.2, 0) is 0 Å². The average molecular weight is 224 g/mol. The van der Waals surface area contributed by atoms with Crippen molar-refractivity contribution in [1.29, 1.82) is 0 Å². The van der Waals surface area contributed by atoms with E-state index in [4.69, 9.17) is 5.73 Å². The molecule has 0 unspecified atom stereocenters. The van der Waals surface area contributed by atoms with Gasteiger partial charge >= 0.3 is 0 Å². The molecule has 16 heavy (non-hydrogen) atoms. The van der Waals surface area contributed by atoms with Gasteiger partial charge in [-0.15, -0.1) is 0 Å². The van der Waals surface area contributed by atoms with Crippen molar-refractivity contribution in [3.05, 3.63) is 24.0 Å². The van der Waals surface area contributed by atoms with Gasteiger partial charge in [0.1, 0.15) is 5.82 Å². The number of nitrogens with two attached hydrogens (primary N) is 1. The molecule has 0 bridgehead atoms. The summed E-state index contributed by atoms with van der Waals surface area (Å²) in [5.74, 6) is 0.204. The van der Waals surface area contributed by atoms with Gasteiger partial charge in [-0.2, -0.15) is 0 Å². The summed E-state index contributed by atoms with van der Waals surface area (Å²) in [5.41, 5.74) is 7.06. The molecule has 0 aliphatic carbocycles. The van der Waals surface area contributed by atoms with E-state index in [0.29, 0.717) is 11.6 Å². The SMILES string of the molecule is C[C@H]1C[C@@H](CO)N(c2ccc(F)cc2N)C1. The fourth-order valence-corrected chi connectivity index (χ4v) is 2.41. The Hall–Kier alpha value is -1.29. The van der Waals surface area contributed by atoms with Crippen LogP contribution >= 0.6 is 0 Å². The number of rotatable bonds is 2. The predicted octanol–water partition coefficient (Wildman–Crippen LogP) is 1.61. The fraction of sp³-hybridized carbons (Fsp3) is 0.500. The first-order chi connectivity index (χ1) is 7.61. The summed E-state index contributed by atoms with van der Waals surface area (Å²) in [5, 5.41) is 9.30. The minimum atomic E-state index is -0.325. The van der Waals surface area contributed by atoms with Gasteiger partial charge in [-0.3, -0.25) is 0 Å². The number of nitrogen functional groups attached to an aromatic ring is 1. The molecule has 2 atom stereocenters. The normalized spacial score (nSPS) is 25.1. The zero-order valence-electron chi connectivity index (χ0n) is 9.36. The minimum absolute atomic E-state index is 0.0998. The number of anilines is 2. The summed E-state index contributed by atoms with van der Waals surface area (Å²) in [6.45, 7) is 3.12. The Labute approximate surface area is 94.7 Å². The van der Waals surface area contributed by atoms with Gasteiger partial charge < -0.3 is 15.7 Å². The van der Waals surface area contributed by atoms with Gasteiger partial charge in [0, 0.05) is 6.54 Å². The summed E-state index contributed by atoms with van der Waals surface area (Å²) in [6.07, 6.45) is 0.952. The largest absolute Gasteiger partial charge is 0.397 e. The summed E-state index contributed by atoms with van der Waals surface area (Å²) >= 11 is 0. The number of aliphatic hydroxyl groups is 1. The molecule has 4 heteroatoms. The fourth-order valence-electron chi connectivity index (χ4n) is 2.41. The molecule has 1 fully saturated rings. The molecule has 1 saturated heterocycles. The molecule has 1 aliphatic heterocycles. The number of hydrogen-bond donors (Lipinski definition) is 2. The maximum atomic E-state index is 12.9. The molecule has 3 nitrogen and oxygen atoms in total. The summed E-state index contributed by atoms with van der Waals surface area (Å²) in [7, 11) is 0. The Bertz CT molecular complexity index is 383. The molecule has 2 rings (SSSR count). The Balaban J connectivity index is 2.29. The molecule has 1 aromatic carbocycles. The Morgan fingerprint density at radius 1 is 1.56 bits per heavy atom. The second kappa shape index (κ2) is 4.29. The van der Waals surface area contributed by atoms with E-state index in [1.165, 1.54) is 12.1 Å². The van der Waals surface area contributed by atoms with Gasteiger partial charge in [-0.25, -0.2) is 4.39 Å². The van der Waals surface area contributed by atoms with Crippen LogP contribution in [0.4, 0.5) is 15.8 Å². The first-order valence-electron chi connectivity index (χ1n) is 5.54. The van der Waals surface area contributed by atoms with Gasteiger partial charge in [0.25, 0.3) is 0 Å². The third-order valence-electron chi connectivity index (χ3n) is 3.13. The predicted molar refractivity (Wildman–Crippen MR) is 62.8 cm³/mol. The Morgan fingerprint density at radius 3 is 2.94 bits per heavy atom. The minimum Gasteiger partial charge on any atom is -0.397 e. The van der Waals surface area contributed by atoms with Crippen LogP contribution in [0.5, 0.6) is 0 Å². The second-order valence-electron chi connectivity index (χ2n) is 4.53. The van der Waals surface area contributed by atoms with Crippen LogP contribution in [0.25, 0.3) is 0 Å². The van der Waals surface area contributed by atoms with E-state index in [1.807, 2.05) is 0 Å². The molecule has 1 aliphatic rings. The van der Waals surface area contributed by atoms with Crippen LogP contribution in [0.1, 0.15) is 13.3 Å². The van der Waals surface area contributed by atoms with Crippen LogP contribution in [0, 0.1) is 11.7 Å². The average Bonchev–Trinajstić information content (AvgIpc) is 2.59. The van der Waals surface area contributed by atoms with Crippen molar-refractivity contribution >= 4 is 11.4 Å². The van der Waals surface area contributed by atoms with Crippen LogP contribution in [-0.4, -0.2) is 24.3 Å². The number of hydrogen-bond acceptors (Lipinski definition) is 3. The Morgan fingerprint density at radius 2 is 2.31 bits per heavy atom. The molecule has 0 radical (unpaired) electrons. The zero-order valence-corrected chi connectivity index (χ0v) is 9.36. The highest BCUT2D eigenvalue weighted by molar-refractivity contribution is 5.68. The van der Waals surface area contributed by atoms with E-state index < -0.39 is 0 Å². The zero-order chi connectivity index (χ0) is 11.7. The first kappa shape index (κ1) is 11.2. The van der Waals surface area contributed by atoms with Crippen molar-refractivity contribution in [3.63, 3.8) is 0 Å². The lowest BCUT2D eigenvalue weighted by Crippen LogP contribution is -2.32. The topological polar surface area (TPSA) is 49.5 Å². The van der Waals surface area contributed by atoms with Gasteiger partial charge in [-0.05, 0) is 30.5 Å². The molecular formula is C12H17FN2O. The van der Waals surface area contributed by atoms with E-state index in [2.05, 4.69) is 11.8 Å². The Kier molecular flexibility index (Phi) is 3.01. The van der Waals surface area contributed by atoms with Crippen LogP contribution in [0.2, 0.25) is 0 Å². The van der Waals surface area contributed by atoms with Crippen molar-refractivity contribution in [2.45, 2.75) is 19.4 Å². The molecule has 3 N–H and O–H groups in total. The number of benzene rings is 1. The highest BCUT2D eigenvalue weighted by Crippen LogP contribution is 2.32. The van der Waals surface area contributed by atoms with Gasteiger partial charge in [-0.1, -0.05) is 6.92 Å². The highest BCUT2D eigenvalue weighted by Gasteiger charge is 2.30. The van der Waals surface area contributed by atoms with E-state index in [0.717, 1.165) is 18.7 Å². The van der Waals surface area contributed by atoms with E-state index in [1.54, 1.807) is 6.07 Å². The van der Waals surface area contributed by atoms with Crippen molar-refractivity contribution in [1.82, 2.24) is 0 Å². The summed E-state index contributed by atoms with van der Waals surface area (Å²) in [6, 6.07) is 4.52. The maximum Gasteiger partial charge on any atom is 0.125 e. The molecule has 0 spiro atoms. The van der Waals surface area contributed by atoms with Crippen molar-refractivity contribution in [3.8, 4) is 0 Å². The lowest BCUT2D eigenvalue weighted by Gasteiger charge is -2.26. The number of aliphatic hydroxyl groups excluding tert-OH is 1. The van der Waals surface area contributed by atoms with Crippen LogP contribution < -0.4 is 10.6 Å². The van der Waals surface area contributed by atoms with Crippen LogP contribution in [0.15, 0.2) is 18.2 Å². The van der Waals surface area contributed by atoms with Gasteiger partial charge in [0.15, 0.2) is 0 Å². The lowest BCUT2D eigenvalue weighted by atomic mass is 10.1. The third kappa shape index (κ3) is 1.97. The number of nitrogens with zero attached hydrogens (tertiary/aromatic N) is 1. The molecule has 1 aromatic rings. The van der Waals surface area contributed by atoms with Crippen molar-refractivity contribution in [2.24, 2.45) is 5.92 Å². The molecule has 0 saturated carbocycles. The molecule has 88 valence electrons. The standard InChI is InChI=1S/C12H17FN2O/c1-8-4-10(7-16)15(6-8)12-3-2-9(13)5-11(12)14/h2-3,5,8,10,16H,4,6-7,14H2,1H3/t8-,10-/m0/s1. The van der Waals surface area contributed by atoms with Crippen molar-refractivity contribution < 1.29 is 9.50 Å². The summed E-state index contributed by atoms with van der Waals surface area (Å²) < 4.78 is 12.9. The molecular weight excluding hydrogens is 207 g/mol. The smallest absolute Gasteiger partial charge is 0.125 e. The third-order valence-corrected chi connectivity index (χ3v) is 3.13. The van der Waals surface area contributed by atoms with Gasteiger partial charge in [0.2, 0.25) is 0 Å². The molecule has 1 heterocycles. The maximum absolute atomic E-state index is 12.9. The van der Waals surface area contributed by atoms with Crippen molar-refractivity contribution in [2.75, 3.05) is 23.8 Å². The molecule has 0 aromatic heterocycles. The first-order valence-corrected chi connectivity index (χ1v) is 5.54. The summed E-state index contributed by atoms with van der Waals surface area (Å²) in [4.78, 5) is 2.07. The van der Waals surface area contributed by atoms with Crippen LogP contribution in [0.3, 0.4) is 0 Å². The monoisotopic (exact) mass is 224 g/mol. The van der Waals surface area contributed by atoms with E-state index in [-0.39, 0.29) is 18.5 Å². The second-order valence-corrected chi connectivity index (χ2v) is 4.53. The number of halogens is 1. The van der Waals surface area contributed by atoms with Gasteiger partial charge in [0.05, 0.1) is 24.0 Å². The highest BCUT2D eigenvalue weighted by atomic mass is 19.1. The van der Waals surface area contributed by atoms with E-state index in [9.17, 15) is 9.50 Å². The quantitative estimate of drug-likeness (QED) is 0.750. The molecule has 0 amide bonds. The van der Waals surface area contributed by atoms with E-state index >= 15 is 0 Å². The lowest BCUT2D eigenvalue weighted by molar-refractivity contribution is 0.264.